The second-order valence-electron chi connectivity index (χ2n) is 3.43. The van der Waals surface area contributed by atoms with Crippen LogP contribution >= 0.6 is 0 Å². The normalized spacial score (nSPS) is 10.2. The van der Waals surface area contributed by atoms with Gasteiger partial charge in [0.15, 0.2) is 17.5 Å². The van der Waals surface area contributed by atoms with E-state index in [9.17, 15) is 22.8 Å². The van der Waals surface area contributed by atoms with Gasteiger partial charge in [-0.05, 0) is 18.6 Å². The fourth-order valence-electron chi connectivity index (χ4n) is 1.25. The molecule has 0 atom stereocenters. The number of Topliss-reactive ketones (excluding diaryl/α,β-unsaturated/α-hetero) is 2. The van der Waals surface area contributed by atoms with E-state index in [1.807, 2.05) is 0 Å². The topological polar surface area (TPSA) is 34.1 Å². The average molecular weight is 230 g/mol. The Labute approximate surface area is 90.1 Å². The minimum atomic E-state index is -1.60. The molecule has 1 aromatic rings. The van der Waals surface area contributed by atoms with Gasteiger partial charge in [0.25, 0.3) is 0 Å². The number of ketones is 2. The van der Waals surface area contributed by atoms with E-state index in [1.165, 1.54) is 6.92 Å². The third kappa shape index (κ3) is 2.92. The zero-order valence-electron chi connectivity index (χ0n) is 8.52. The van der Waals surface area contributed by atoms with Crippen molar-refractivity contribution >= 4 is 11.6 Å². The van der Waals surface area contributed by atoms with Gasteiger partial charge < -0.3 is 0 Å². The molecule has 0 aliphatic carbocycles. The van der Waals surface area contributed by atoms with Gasteiger partial charge in [0.05, 0.1) is 6.42 Å². The largest absolute Gasteiger partial charge is 0.300 e. The first-order chi connectivity index (χ1) is 7.41. The maximum Gasteiger partial charge on any atom is 0.194 e. The highest BCUT2D eigenvalue weighted by molar-refractivity contribution is 5.98. The zero-order chi connectivity index (χ0) is 12.3. The maximum atomic E-state index is 13.1. The molecule has 0 fully saturated rings. The lowest BCUT2D eigenvalue weighted by atomic mass is 10.0. The third-order valence-corrected chi connectivity index (χ3v) is 1.95. The number of halogens is 3. The van der Waals surface area contributed by atoms with Crippen molar-refractivity contribution in [2.75, 3.05) is 0 Å². The second kappa shape index (κ2) is 4.92. The van der Waals surface area contributed by atoms with Crippen LogP contribution in [-0.4, -0.2) is 11.6 Å². The Kier molecular flexibility index (Phi) is 3.82. The van der Waals surface area contributed by atoms with Gasteiger partial charge in [-0.1, -0.05) is 6.07 Å². The number of benzene rings is 1. The molecule has 0 saturated heterocycles. The van der Waals surface area contributed by atoms with Gasteiger partial charge in [-0.3, -0.25) is 9.59 Å². The van der Waals surface area contributed by atoms with E-state index >= 15 is 0 Å². The molecule has 16 heavy (non-hydrogen) atoms. The molecule has 0 heterocycles. The van der Waals surface area contributed by atoms with Crippen LogP contribution in [0.5, 0.6) is 0 Å². The Morgan fingerprint density at radius 3 is 2.31 bits per heavy atom. The van der Waals surface area contributed by atoms with Crippen LogP contribution in [0.3, 0.4) is 0 Å². The predicted octanol–water partition coefficient (Wildman–Crippen LogP) is 2.19. The third-order valence-electron chi connectivity index (χ3n) is 1.95. The van der Waals surface area contributed by atoms with Gasteiger partial charge in [0.1, 0.15) is 11.6 Å². The van der Waals surface area contributed by atoms with Gasteiger partial charge in [-0.2, -0.15) is 0 Å². The van der Waals surface area contributed by atoms with Crippen LogP contribution in [-0.2, 0) is 16.0 Å². The molecule has 1 rings (SSSR count). The molecule has 5 heteroatoms. The van der Waals surface area contributed by atoms with E-state index in [2.05, 4.69) is 0 Å². The smallest absolute Gasteiger partial charge is 0.194 e. The summed E-state index contributed by atoms with van der Waals surface area (Å²) in [5, 5.41) is 0. The van der Waals surface area contributed by atoms with Gasteiger partial charge in [-0.25, -0.2) is 13.2 Å². The first-order valence-electron chi connectivity index (χ1n) is 4.55. The molecule has 0 bridgehead atoms. The summed E-state index contributed by atoms with van der Waals surface area (Å²) in [5.41, 5.74) is -0.245. The van der Waals surface area contributed by atoms with E-state index < -0.39 is 29.7 Å². The number of carbonyl (C=O) groups is 2. The lowest BCUT2D eigenvalue weighted by Gasteiger charge is -2.03. The summed E-state index contributed by atoms with van der Waals surface area (Å²) in [6.07, 6.45) is -0.749. The Bertz CT molecular complexity index is 441. The zero-order valence-corrected chi connectivity index (χ0v) is 8.52. The Morgan fingerprint density at radius 1 is 1.12 bits per heavy atom. The number of rotatable bonds is 4. The summed E-state index contributed by atoms with van der Waals surface area (Å²) in [4.78, 5) is 21.8. The second-order valence-corrected chi connectivity index (χ2v) is 3.43. The molecule has 0 aromatic heterocycles. The number of carbonyl (C=O) groups excluding carboxylic acids is 2. The fraction of sp³-hybridized carbons (Fsp3) is 0.273. The average Bonchev–Trinajstić information content (AvgIpc) is 2.18. The molecule has 0 unspecified atom stereocenters. The summed E-state index contributed by atoms with van der Waals surface area (Å²) in [5.74, 6) is -5.17. The van der Waals surface area contributed by atoms with Crippen LogP contribution in [0.15, 0.2) is 12.1 Å². The predicted molar refractivity (Wildman–Crippen MR) is 50.3 cm³/mol. The van der Waals surface area contributed by atoms with E-state index in [1.54, 1.807) is 0 Å². The molecular formula is C11H9F3O2. The summed E-state index contributed by atoms with van der Waals surface area (Å²) in [7, 11) is 0. The monoisotopic (exact) mass is 230 g/mol. The van der Waals surface area contributed by atoms with E-state index in [-0.39, 0.29) is 17.8 Å². The lowest BCUT2D eigenvalue weighted by molar-refractivity contribution is -0.125. The van der Waals surface area contributed by atoms with Crippen molar-refractivity contribution in [2.24, 2.45) is 0 Å². The SMILES string of the molecule is CC(=O)CC(=O)Cc1ccc(F)c(F)c1F. The highest BCUT2D eigenvalue weighted by Gasteiger charge is 2.16. The minimum Gasteiger partial charge on any atom is -0.300 e. The van der Waals surface area contributed by atoms with Gasteiger partial charge in [-0.15, -0.1) is 0 Å². The van der Waals surface area contributed by atoms with E-state index in [0.29, 0.717) is 0 Å². The quantitative estimate of drug-likeness (QED) is 0.587. The fourth-order valence-corrected chi connectivity index (χ4v) is 1.25. The highest BCUT2D eigenvalue weighted by Crippen LogP contribution is 2.16. The molecule has 0 N–H and O–H groups in total. The number of hydrogen-bond acceptors (Lipinski definition) is 2. The van der Waals surface area contributed by atoms with Gasteiger partial charge >= 0.3 is 0 Å². The van der Waals surface area contributed by atoms with Crippen molar-refractivity contribution in [3.63, 3.8) is 0 Å². The molecular weight excluding hydrogens is 221 g/mol. The molecule has 0 aliphatic heterocycles. The van der Waals surface area contributed by atoms with Crippen LogP contribution < -0.4 is 0 Å². The van der Waals surface area contributed by atoms with Crippen molar-refractivity contribution in [3.8, 4) is 0 Å². The molecule has 0 radical (unpaired) electrons. The molecule has 0 saturated carbocycles. The first kappa shape index (κ1) is 12.4. The van der Waals surface area contributed by atoms with Crippen LogP contribution in [0, 0.1) is 17.5 Å². The minimum absolute atomic E-state index is 0.245. The lowest BCUT2D eigenvalue weighted by Crippen LogP contribution is -2.09. The maximum absolute atomic E-state index is 13.1. The Balaban J connectivity index is 2.86. The van der Waals surface area contributed by atoms with Crippen molar-refractivity contribution in [1.29, 1.82) is 0 Å². The summed E-state index contributed by atoms with van der Waals surface area (Å²) >= 11 is 0. The Hall–Kier alpha value is -1.65. The van der Waals surface area contributed by atoms with Gasteiger partial charge in [0.2, 0.25) is 0 Å². The van der Waals surface area contributed by atoms with Crippen LogP contribution in [0.1, 0.15) is 18.9 Å². The molecule has 2 nitrogen and oxygen atoms in total. The van der Waals surface area contributed by atoms with Crippen LogP contribution in [0.4, 0.5) is 13.2 Å². The van der Waals surface area contributed by atoms with Crippen molar-refractivity contribution in [2.45, 2.75) is 19.8 Å². The van der Waals surface area contributed by atoms with Crippen LogP contribution in [0.2, 0.25) is 0 Å². The van der Waals surface area contributed by atoms with Crippen LogP contribution in [0.25, 0.3) is 0 Å². The highest BCUT2D eigenvalue weighted by atomic mass is 19.2. The Morgan fingerprint density at radius 2 is 1.75 bits per heavy atom. The van der Waals surface area contributed by atoms with E-state index in [0.717, 1.165) is 12.1 Å². The molecule has 0 amide bonds. The standard InChI is InChI=1S/C11H9F3O2/c1-6(15)4-8(16)5-7-2-3-9(12)11(14)10(7)13/h2-3H,4-5H2,1H3. The molecule has 86 valence electrons. The molecule has 1 aromatic carbocycles. The van der Waals surface area contributed by atoms with Crippen molar-refractivity contribution in [3.05, 3.63) is 35.1 Å². The summed E-state index contributed by atoms with van der Waals surface area (Å²) in [6, 6.07) is 1.74. The van der Waals surface area contributed by atoms with Gasteiger partial charge in [0, 0.05) is 6.42 Å². The summed E-state index contributed by atoms with van der Waals surface area (Å²) < 4.78 is 38.4. The van der Waals surface area contributed by atoms with E-state index in [4.69, 9.17) is 0 Å². The van der Waals surface area contributed by atoms with Crippen molar-refractivity contribution < 1.29 is 22.8 Å². The first-order valence-corrected chi connectivity index (χ1v) is 4.55. The van der Waals surface area contributed by atoms with Crippen molar-refractivity contribution in [1.82, 2.24) is 0 Å². The number of hydrogen-bond donors (Lipinski definition) is 0. The molecule has 0 spiro atoms. The summed E-state index contributed by atoms with van der Waals surface area (Å²) in [6.45, 7) is 1.22. The molecule has 0 aliphatic rings.